The van der Waals surface area contributed by atoms with E-state index in [-0.39, 0.29) is 12.2 Å². The van der Waals surface area contributed by atoms with E-state index in [9.17, 15) is 10.2 Å². The fraction of sp³-hybridized carbons (Fsp3) is 1.00. The Morgan fingerprint density at radius 2 is 0.744 bits per heavy atom. The van der Waals surface area contributed by atoms with E-state index >= 15 is 0 Å². The van der Waals surface area contributed by atoms with Crippen LogP contribution in [0.15, 0.2) is 0 Å². The number of aliphatic hydroxyl groups is 2. The molecule has 3 nitrogen and oxygen atoms in total. The summed E-state index contributed by atoms with van der Waals surface area (Å²) in [5.74, 6) is 5.54. The van der Waals surface area contributed by atoms with Crippen molar-refractivity contribution in [2.24, 2.45) is 35.5 Å². The van der Waals surface area contributed by atoms with Gasteiger partial charge in [-0.25, -0.2) is 0 Å². The number of hydrogen-bond donors (Lipinski definition) is 2. The molecule has 5 aliphatic carbocycles. The number of rotatable bonds is 9. The smallest absolute Gasteiger partial charge is 0.0540 e. The molecule has 0 aromatic rings. The zero-order valence-electron chi connectivity index (χ0n) is 26.0. The summed E-state index contributed by atoms with van der Waals surface area (Å²) in [7, 11) is 0. The summed E-state index contributed by atoms with van der Waals surface area (Å²) in [5.41, 5.74) is 0. The van der Waals surface area contributed by atoms with Gasteiger partial charge < -0.3 is 10.2 Å². The minimum Gasteiger partial charge on any atom is -0.393 e. The van der Waals surface area contributed by atoms with Gasteiger partial charge in [-0.1, -0.05) is 39.5 Å². The second-order valence-corrected chi connectivity index (χ2v) is 15.7. The first-order valence-electron chi connectivity index (χ1n) is 18.1. The Hall–Kier alpha value is -0.120. The lowest BCUT2D eigenvalue weighted by molar-refractivity contribution is -0.00695. The Morgan fingerprint density at radius 3 is 1.10 bits per heavy atom. The molecular weight excluding hydrogens is 478 g/mol. The average molecular weight is 544 g/mol. The lowest BCUT2D eigenvalue weighted by atomic mass is 9.73. The Balaban J connectivity index is 1.10. The summed E-state index contributed by atoms with van der Waals surface area (Å²) in [6, 6.07) is 2.56. The van der Waals surface area contributed by atoms with Crippen molar-refractivity contribution in [3.8, 4) is 0 Å². The van der Waals surface area contributed by atoms with E-state index < -0.39 is 0 Å². The van der Waals surface area contributed by atoms with Crippen molar-refractivity contribution in [2.45, 2.75) is 192 Å². The van der Waals surface area contributed by atoms with Gasteiger partial charge in [-0.15, -0.1) is 0 Å². The summed E-state index contributed by atoms with van der Waals surface area (Å²) in [6.07, 6.45) is 31.1. The maximum atomic E-state index is 9.86. The molecule has 0 bridgehead atoms. The first kappa shape index (κ1) is 30.3. The van der Waals surface area contributed by atoms with Crippen LogP contribution in [0.2, 0.25) is 0 Å². The molecule has 2 N–H and O–H groups in total. The molecule has 0 aromatic heterocycles. The van der Waals surface area contributed by atoms with E-state index in [0.717, 1.165) is 79.3 Å². The van der Waals surface area contributed by atoms with Gasteiger partial charge in [0.15, 0.2) is 0 Å². The topological polar surface area (TPSA) is 43.7 Å². The second kappa shape index (κ2) is 14.9. The number of aliphatic hydroxyl groups excluding tert-OH is 2. The van der Waals surface area contributed by atoms with Gasteiger partial charge in [-0.3, -0.25) is 4.90 Å². The predicted octanol–water partition coefficient (Wildman–Crippen LogP) is 8.89. The summed E-state index contributed by atoms with van der Waals surface area (Å²) < 4.78 is 0. The largest absolute Gasteiger partial charge is 0.393 e. The molecule has 5 rings (SSSR count). The van der Waals surface area contributed by atoms with E-state index in [0.29, 0.717) is 0 Å². The number of hydrogen-bond acceptors (Lipinski definition) is 3. The Kier molecular flexibility index (Phi) is 11.6. The maximum absolute atomic E-state index is 9.86. The van der Waals surface area contributed by atoms with Crippen LogP contribution in [0.3, 0.4) is 0 Å². The van der Waals surface area contributed by atoms with E-state index in [1.165, 1.54) is 122 Å². The van der Waals surface area contributed by atoms with E-state index in [4.69, 9.17) is 0 Å². The molecule has 0 amide bonds. The highest BCUT2D eigenvalue weighted by molar-refractivity contribution is 4.93. The van der Waals surface area contributed by atoms with E-state index in [1.54, 1.807) is 0 Å². The van der Waals surface area contributed by atoms with Gasteiger partial charge in [-0.2, -0.15) is 0 Å². The van der Waals surface area contributed by atoms with Crippen LogP contribution in [0.5, 0.6) is 0 Å². The van der Waals surface area contributed by atoms with Crippen LogP contribution in [0.25, 0.3) is 0 Å². The van der Waals surface area contributed by atoms with Gasteiger partial charge in [0.05, 0.1) is 12.2 Å². The molecule has 0 saturated heterocycles. The van der Waals surface area contributed by atoms with E-state index in [2.05, 4.69) is 18.7 Å². The Labute approximate surface area is 242 Å². The van der Waals surface area contributed by atoms with Crippen molar-refractivity contribution in [3.05, 3.63) is 0 Å². The van der Waals surface area contributed by atoms with Crippen LogP contribution < -0.4 is 0 Å². The second-order valence-electron chi connectivity index (χ2n) is 15.7. The minimum atomic E-state index is -0.00452. The van der Waals surface area contributed by atoms with Crippen molar-refractivity contribution in [1.29, 1.82) is 0 Å². The van der Waals surface area contributed by atoms with Gasteiger partial charge >= 0.3 is 0 Å². The maximum Gasteiger partial charge on any atom is 0.0540 e. The fourth-order valence-electron chi connectivity index (χ4n) is 9.96. The lowest BCUT2D eigenvalue weighted by Crippen LogP contribution is -2.53. The predicted molar refractivity (Wildman–Crippen MR) is 164 cm³/mol. The molecule has 0 heterocycles. The third-order valence-electron chi connectivity index (χ3n) is 13.1. The van der Waals surface area contributed by atoms with Crippen molar-refractivity contribution < 1.29 is 10.2 Å². The van der Waals surface area contributed by atoms with Gasteiger partial charge in [0, 0.05) is 18.1 Å². The molecule has 5 fully saturated rings. The van der Waals surface area contributed by atoms with E-state index in [1.807, 2.05) is 0 Å². The van der Waals surface area contributed by atoms with Crippen molar-refractivity contribution in [1.82, 2.24) is 4.90 Å². The molecule has 39 heavy (non-hydrogen) atoms. The molecule has 3 unspecified atom stereocenters. The zero-order chi connectivity index (χ0) is 27.2. The van der Waals surface area contributed by atoms with Crippen LogP contribution in [-0.2, 0) is 0 Å². The number of nitrogens with zero attached hydrogens (tertiary/aromatic N) is 1. The standard InChI is InChI=1S/C36H65NO2/c1-26-3-16-34(25-27(26)2)37(32-17-8-28(9-18-32)4-6-30-12-21-35(38)22-13-30)33-19-10-29(11-20-33)5-7-31-14-23-36(39)24-15-31/h26-36,38-39H,3-25H2,1-2H3. The molecule has 0 aromatic carbocycles. The van der Waals surface area contributed by atoms with Crippen LogP contribution in [0.1, 0.15) is 162 Å². The third-order valence-corrected chi connectivity index (χ3v) is 13.1. The van der Waals surface area contributed by atoms with Crippen LogP contribution in [0, 0.1) is 35.5 Å². The van der Waals surface area contributed by atoms with Crippen molar-refractivity contribution >= 4 is 0 Å². The Morgan fingerprint density at radius 1 is 0.410 bits per heavy atom. The molecular formula is C36H65NO2. The molecule has 3 atom stereocenters. The lowest BCUT2D eigenvalue weighted by Gasteiger charge is -2.50. The SMILES string of the molecule is CC1CCC(N(C2CCC(CCC3CCC(O)CC3)CC2)C2CCC(CCC3CCC(O)CC3)CC2)CC1C. The summed E-state index contributed by atoms with van der Waals surface area (Å²) in [6.45, 7) is 5.04. The zero-order valence-corrected chi connectivity index (χ0v) is 26.0. The van der Waals surface area contributed by atoms with Crippen molar-refractivity contribution in [2.75, 3.05) is 0 Å². The molecule has 3 heteroatoms. The normalized spacial score (nSPS) is 44.4. The van der Waals surface area contributed by atoms with Crippen molar-refractivity contribution in [3.63, 3.8) is 0 Å². The monoisotopic (exact) mass is 544 g/mol. The first-order valence-corrected chi connectivity index (χ1v) is 18.1. The van der Waals surface area contributed by atoms with Crippen LogP contribution >= 0.6 is 0 Å². The minimum absolute atomic E-state index is 0.00452. The quantitative estimate of drug-likeness (QED) is 0.305. The molecule has 5 aliphatic rings. The van der Waals surface area contributed by atoms with Crippen LogP contribution in [0.4, 0.5) is 0 Å². The molecule has 0 spiro atoms. The highest BCUT2D eigenvalue weighted by Crippen LogP contribution is 2.43. The molecule has 5 saturated carbocycles. The first-order chi connectivity index (χ1) is 18.9. The highest BCUT2D eigenvalue weighted by atomic mass is 16.3. The van der Waals surface area contributed by atoms with Gasteiger partial charge in [0.1, 0.15) is 0 Å². The third kappa shape index (κ3) is 8.70. The fourth-order valence-corrected chi connectivity index (χ4v) is 9.96. The molecule has 0 aliphatic heterocycles. The van der Waals surface area contributed by atoms with Gasteiger partial charge in [0.25, 0.3) is 0 Å². The average Bonchev–Trinajstić information content (AvgIpc) is 2.96. The summed E-state index contributed by atoms with van der Waals surface area (Å²) >= 11 is 0. The Bertz CT molecular complexity index is 634. The van der Waals surface area contributed by atoms with Gasteiger partial charge in [0.2, 0.25) is 0 Å². The summed E-state index contributed by atoms with van der Waals surface area (Å²) in [4.78, 5) is 3.18. The molecule has 0 radical (unpaired) electrons. The van der Waals surface area contributed by atoms with Crippen LogP contribution in [-0.4, -0.2) is 45.4 Å². The van der Waals surface area contributed by atoms with Gasteiger partial charge in [-0.05, 0) is 158 Å². The highest BCUT2D eigenvalue weighted by Gasteiger charge is 2.39. The molecule has 226 valence electrons. The summed E-state index contributed by atoms with van der Waals surface area (Å²) in [5, 5.41) is 19.7.